The van der Waals surface area contributed by atoms with Crippen LogP contribution in [0.2, 0.25) is 0 Å². The molecule has 0 atom stereocenters. The van der Waals surface area contributed by atoms with Crippen LogP contribution in [0.3, 0.4) is 0 Å². The minimum Gasteiger partial charge on any atom is -0.247 e. The van der Waals surface area contributed by atoms with Crippen molar-refractivity contribution in [2.24, 2.45) is 5.92 Å². The molecule has 0 aromatic rings. The van der Waals surface area contributed by atoms with Crippen molar-refractivity contribution in [2.75, 3.05) is 24.0 Å². The molecule has 0 amide bonds. The van der Waals surface area contributed by atoms with Crippen molar-refractivity contribution in [1.82, 2.24) is 0 Å². The predicted molar refractivity (Wildman–Crippen MR) is 56.8 cm³/mol. The summed E-state index contributed by atoms with van der Waals surface area (Å²) in [7, 11) is -0.203. The zero-order chi connectivity index (χ0) is 8.32. The van der Waals surface area contributed by atoms with Crippen LogP contribution in [0.25, 0.3) is 0 Å². The molecule has 0 aromatic carbocycles. The van der Waals surface area contributed by atoms with Crippen molar-refractivity contribution in [3.8, 4) is 0 Å². The first-order valence-corrected chi connectivity index (χ1v) is 7.61. The summed E-state index contributed by atoms with van der Waals surface area (Å²) >= 11 is 0. The summed E-state index contributed by atoms with van der Waals surface area (Å²) in [6, 6.07) is 0. The van der Waals surface area contributed by atoms with Crippen molar-refractivity contribution in [3.63, 3.8) is 0 Å². The molecular formula is C10H22S. The van der Waals surface area contributed by atoms with E-state index in [1.807, 2.05) is 0 Å². The first kappa shape index (κ1) is 9.44. The van der Waals surface area contributed by atoms with Gasteiger partial charge in [0.15, 0.2) is 0 Å². The fraction of sp³-hybridized carbons (Fsp3) is 1.00. The minimum absolute atomic E-state index is 0.203. The average Bonchev–Trinajstić information content (AvgIpc) is 2.39. The molecule has 0 unspecified atom stereocenters. The summed E-state index contributed by atoms with van der Waals surface area (Å²) in [5.74, 6) is 4.06. The maximum atomic E-state index is 2.49. The average molecular weight is 174 g/mol. The van der Waals surface area contributed by atoms with Crippen LogP contribution in [0.5, 0.6) is 0 Å². The second-order valence-corrected chi connectivity index (χ2v) is 8.82. The normalized spacial score (nSPS) is 22.5. The highest BCUT2D eigenvalue weighted by Crippen LogP contribution is 2.44. The lowest BCUT2D eigenvalue weighted by molar-refractivity contribution is 0.620. The molecule has 1 fully saturated rings. The highest BCUT2D eigenvalue weighted by atomic mass is 32.3. The van der Waals surface area contributed by atoms with Crippen molar-refractivity contribution in [3.05, 3.63) is 0 Å². The zero-order valence-electron chi connectivity index (χ0n) is 8.23. The van der Waals surface area contributed by atoms with Crippen molar-refractivity contribution in [2.45, 2.75) is 32.6 Å². The molecule has 0 spiro atoms. The largest absolute Gasteiger partial charge is 0.247 e. The number of hydrogen-bond donors (Lipinski definition) is 0. The van der Waals surface area contributed by atoms with Gasteiger partial charge in [0.1, 0.15) is 0 Å². The molecule has 0 nitrogen and oxygen atoms in total. The molecule has 1 aliphatic carbocycles. The van der Waals surface area contributed by atoms with Gasteiger partial charge in [0.05, 0.1) is 0 Å². The van der Waals surface area contributed by atoms with Crippen LogP contribution >= 0.6 is 10.0 Å². The van der Waals surface area contributed by atoms with Crippen LogP contribution in [0.1, 0.15) is 32.6 Å². The Morgan fingerprint density at radius 1 is 1.18 bits per heavy atom. The Morgan fingerprint density at radius 2 is 1.73 bits per heavy atom. The van der Waals surface area contributed by atoms with Crippen molar-refractivity contribution < 1.29 is 0 Å². The van der Waals surface area contributed by atoms with E-state index >= 15 is 0 Å². The molecule has 0 heterocycles. The van der Waals surface area contributed by atoms with Gasteiger partial charge in [-0.05, 0) is 42.8 Å². The van der Waals surface area contributed by atoms with Gasteiger partial charge in [-0.2, -0.15) is 0 Å². The van der Waals surface area contributed by atoms with Gasteiger partial charge < -0.3 is 0 Å². The molecule has 0 saturated heterocycles. The van der Waals surface area contributed by atoms with Crippen LogP contribution in [0.4, 0.5) is 0 Å². The monoisotopic (exact) mass is 174 g/mol. The first-order valence-electron chi connectivity index (χ1n) is 4.83. The second kappa shape index (κ2) is 3.84. The first-order chi connectivity index (χ1) is 5.14. The third-order valence-electron chi connectivity index (χ3n) is 2.94. The second-order valence-electron chi connectivity index (χ2n) is 4.37. The van der Waals surface area contributed by atoms with Crippen LogP contribution in [-0.2, 0) is 0 Å². The van der Waals surface area contributed by atoms with E-state index in [2.05, 4.69) is 19.4 Å². The summed E-state index contributed by atoms with van der Waals surface area (Å²) in [6.45, 7) is 2.35. The lowest BCUT2D eigenvalue weighted by atomic mass is 10.1. The molecule has 0 aromatic heterocycles. The fourth-order valence-electron chi connectivity index (χ4n) is 1.93. The van der Waals surface area contributed by atoms with Crippen molar-refractivity contribution >= 4 is 10.0 Å². The summed E-state index contributed by atoms with van der Waals surface area (Å²) in [5, 5.41) is 0. The Kier molecular flexibility index (Phi) is 3.29. The van der Waals surface area contributed by atoms with E-state index < -0.39 is 0 Å². The molecule has 11 heavy (non-hydrogen) atoms. The van der Waals surface area contributed by atoms with Gasteiger partial charge in [-0.25, -0.2) is 10.0 Å². The minimum atomic E-state index is -0.203. The van der Waals surface area contributed by atoms with Gasteiger partial charge in [0.2, 0.25) is 0 Å². The van der Waals surface area contributed by atoms with Gasteiger partial charge in [-0.15, -0.1) is 0 Å². The van der Waals surface area contributed by atoms with Gasteiger partial charge in [-0.3, -0.25) is 0 Å². The third-order valence-corrected chi connectivity index (χ3v) is 5.88. The molecule has 0 N–H and O–H groups in total. The lowest BCUT2D eigenvalue weighted by Gasteiger charge is -2.32. The topological polar surface area (TPSA) is 0 Å². The third kappa shape index (κ3) is 3.06. The van der Waals surface area contributed by atoms with E-state index in [9.17, 15) is 0 Å². The molecule has 1 heteroatoms. The number of rotatable bonds is 3. The molecule has 0 aliphatic heterocycles. The highest BCUT2D eigenvalue weighted by Gasteiger charge is 2.20. The highest BCUT2D eigenvalue weighted by molar-refractivity contribution is 8.32. The number of hydrogen-bond acceptors (Lipinski definition) is 0. The predicted octanol–water partition coefficient (Wildman–Crippen LogP) is 3.26. The van der Waals surface area contributed by atoms with Crippen LogP contribution in [0.15, 0.2) is 0 Å². The maximum Gasteiger partial charge on any atom is -0.0204 e. The van der Waals surface area contributed by atoms with Gasteiger partial charge in [0, 0.05) is 0 Å². The van der Waals surface area contributed by atoms with Crippen LogP contribution in [-0.4, -0.2) is 24.0 Å². The van der Waals surface area contributed by atoms with E-state index in [1.165, 1.54) is 31.4 Å². The van der Waals surface area contributed by atoms with Gasteiger partial charge in [0.25, 0.3) is 0 Å². The van der Waals surface area contributed by atoms with E-state index in [0.29, 0.717) is 0 Å². The summed E-state index contributed by atoms with van der Waals surface area (Å²) in [5.41, 5.74) is 0. The fourth-order valence-corrected chi connectivity index (χ4v) is 3.78. The molecular weight excluding hydrogens is 152 g/mol. The SMILES string of the molecule is CCS(C)(C)CC1CCCC1. The maximum absolute atomic E-state index is 2.49. The van der Waals surface area contributed by atoms with E-state index in [-0.39, 0.29) is 10.0 Å². The Balaban J connectivity index is 2.28. The Labute approximate surface area is 73.1 Å². The van der Waals surface area contributed by atoms with Crippen LogP contribution < -0.4 is 0 Å². The molecule has 68 valence electrons. The van der Waals surface area contributed by atoms with Crippen LogP contribution in [0, 0.1) is 5.92 Å². The molecule has 0 bridgehead atoms. The Morgan fingerprint density at radius 3 is 2.18 bits per heavy atom. The zero-order valence-corrected chi connectivity index (χ0v) is 9.04. The smallest absolute Gasteiger partial charge is 0.0204 e. The van der Waals surface area contributed by atoms with Crippen molar-refractivity contribution in [1.29, 1.82) is 0 Å². The Bertz CT molecular complexity index is 112. The summed E-state index contributed by atoms with van der Waals surface area (Å²) in [6.07, 6.45) is 11.0. The molecule has 1 saturated carbocycles. The van der Waals surface area contributed by atoms with Gasteiger partial charge >= 0.3 is 0 Å². The summed E-state index contributed by atoms with van der Waals surface area (Å²) in [4.78, 5) is 0. The lowest BCUT2D eigenvalue weighted by Crippen LogP contribution is -2.11. The molecule has 0 radical (unpaired) electrons. The standard InChI is InChI=1S/C10H22S/c1-4-11(2,3)9-10-7-5-6-8-10/h10H,4-9H2,1-3H3. The summed E-state index contributed by atoms with van der Waals surface area (Å²) < 4.78 is 0. The van der Waals surface area contributed by atoms with Gasteiger partial charge in [-0.1, -0.05) is 19.8 Å². The quantitative estimate of drug-likeness (QED) is 0.616. The van der Waals surface area contributed by atoms with E-state index in [0.717, 1.165) is 5.92 Å². The molecule has 1 aliphatic rings. The Hall–Kier alpha value is 0.350. The van der Waals surface area contributed by atoms with E-state index in [1.54, 1.807) is 5.75 Å². The van der Waals surface area contributed by atoms with E-state index in [4.69, 9.17) is 0 Å². The molecule has 1 rings (SSSR count).